The molecule has 2 fully saturated rings. The summed E-state index contributed by atoms with van der Waals surface area (Å²) in [7, 11) is 0. The molecule has 1 N–H and O–H groups in total. The van der Waals surface area contributed by atoms with Gasteiger partial charge in [-0.1, -0.05) is 20.8 Å². The number of carbonyl (C=O) groups excluding carboxylic acids is 2. The normalized spacial score (nSPS) is 27.5. The fraction of sp³-hybridized carbons (Fsp3) is 0.824. The highest BCUT2D eigenvalue weighted by molar-refractivity contribution is 5.85. The van der Waals surface area contributed by atoms with E-state index in [9.17, 15) is 27.6 Å². The lowest BCUT2D eigenvalue weighted by atomic mass is 9.86. The minimum atomic E-state index is -4.92. The number of carbonyl (C=O) groups is 3. The second-order valence-electron chi connectivity index (χ2n) is 8.24. The van der Waals surface area contributed by atoms with E-state index in [1.807, 2.05) is 0 Å². The molecule has 2 aliphatic rings. The van der Waals surface area contributed by atoms with Crippen molar-refractivity contribution in [1.29, 1.82) is 0 Å². The predicted molar refractivity (Wildman–Crippen MR) is 86.1 cm³/mol. The van der Waals surface area contributed by atoms with Gasteiger partial charge in [0.05, 0.1) is 5.92 Å². The molecule has 0 bridgehead atoms. The zero-order valence-corrected chi connectivity index (χ0v) is 15.2. The van der Waals surface area contributed by atoms with E-state index in [1.165, 1.54) is 0 Å². The first-order valence-electron chi connectivity index (χ1n) is 8.68. The molecule has 0 aromatic carbocycles. The van der Waals surface area contributed by atoms with E-state index < -0.39 is 47.8 Å². The Balaban J connectivity index is 2.10. The van der Waals surface area contributed by atoms with Crippen LogP contribution in [-0.2, 0) is 14.4 Å². The molecule has 0 aromatic heterocycles. The molecular weight excluding hydrogens is 353 g/mol. The van der Waals surface area contributed by atoms with Gasteiger partial charge in [-0.25, -0.2) is 0 Å². The van der Waals surface area contributed by atoms with E-state index in [4.69, 9.17) is 5.11 Å². The monoisotopic (exact) mass is 378 g/mol. The topological polar surface area (TPSA) is 77.9 Å². The fourth-order valence-electron chi connectivity index (χ4n) is 3.62. The lowest BCUT2D eigenvalue weighted by molar-refractivity contribution is -0.227. The molecule has 2 unspecified atom stereocenters. The first-order chi connectivity index (χ1) is 11.8. The molecule has 0 spiro atoms. The average molecular weight is 378 g/mol. The molecular formula is C17H25F3N2O4. The molecule has 0 radical (unpaired) electrons. The van der Waals surface area contributed by atoms with E-state index in [2.05, 4.69) is 0 Å². The Morgan fingerprint density at radius 3 is 2.15 bits per heavy atom. The summed E-state index contributed by atoms with van der Waals surface area (Å²) < 4.78 is 39.8. The van der Waals surface area contributed by atoms with Gasteiger partial charge in [-0.3, -0.25) is 14.4 Å². The molecule has 9 heteroatoms. The van der Waals surface area contributed by atoms with Gasteiger partial charge in [-0.15, -0.1) is 0 Å². The largest absolute Gasteiger partial charge is 0.481 e. The third kappa shape index (κ3) is 3.66. The summed E-state index contributed by atoms with van der Waals surface area (Å²) in [5.74, 6) is -3.14. The summed E-state index contributed by atoms with van der Waals surface area (Å²) in [6, 6.07) is 0. The van der Waals surface area contributed by atoms with Crippen molar-refractivity contribution >= 4 is 17.8 Å². The summed E-state index contributed by atoms with van der Waals surface area (Å²) in [6.45, 7) is 4.88. The number of nitrogens with zero attached hydrogens (tertiary/aromatic N) is 2. The summed E-state index contributed by atoms with van der Waals surface area (Å²) in [5, 5.41) is 9.10. The van der Waals surface area contributed by atoms with Crippen molar-refractivity contribution < 1.29 is 32.7 Å². The van der Waals surface area contributed by atoms with E-state index in [-0.39, 0.29) is 19.0 Å². The lowest BCUT2D eigenvalue weighted by Gasteiger charge is -2.37. The van der Waals surface area contributed by atoms with Gasteiger partial charge in [0, 0.05) is 31.6 Å². The highest BCUT2D eigenvalue weighted by atomic mass is 19.4. The second kappa shape index (κ2) is 6.74. The quantitative estimate of drug-likeness (QED) is 0.799. The van der Waals surface area contributed by atoms with Crippen molar-refractivity contribution in [3.05, 3.63) is 0 Å². The summed E-state index contributed by atoms with van der Waals surface area (Å²) in [4.78, 5) is 38.9. The van der Waals surface area contributed by atoms with Gasteiger partial charge < -0.3 is 14.9 Å². The number of likely N-dealkylation sites (tertiary alicyclic amines) is 2. The molecule has 6 nitrogen and oxygen atoms in total. The van der Waals surface area contributed by atoms with E-state index >= 15 is 0 Å². The number of hydrogen-bond acceptors (Lipinski definition) is 3. The van der Waals surface area contributed by atoms with Gasteiger partial charge in [0.2, 0.25) is 11.8 Å². The second-order valence-corrected chi connectivity index (χ2v) is 8.24. The maximum Gasteiger partial charge on any atom is 0.406 e. The third-order valence-electron chi connectivity index (χ3n) is 5.23. The Hall–Kier alpha value is -1.80. The number of halogens is 3. The maximum absolute atomic E-state index is 13.3. The molecule has 0 aromatic rings. The Morgan fingerprint density at radius 1 is 1.08 bits per heavy atom. The predicted octanol–water partition coefficient (Wildman–Crippen LogP) is 2.14. The number of alkyl halides is 3. The van der Waals surface area contributed by atoms with Crippen molar-refractivity contribution in [2.24, 2.45) is 16.7 Å². The number of hydrogen-bond donors (Lipinski definition) is 1. The molecule has 2 saturated heterocycles. The van der Waals surface area contributed by atoms with Gasteiger partial charge in [0.25, 0.3) is 0 Å². The van der Waals surface area contributed by atoms with Gasteiger partial charge >= 0.3 is 12.1 Å². The number of rotatable bonds is 2. The van der Waals surface area contributed by atoms with Crippen LogP contribution in [0.3, 0.4) is 0 Å². The van der Waals surface area contributed by atoms with Crippen LogP contribution in [0.25, 0.3) is 0 Å². The van der Waals surface area contributed by atoms with Gasteiger partial charge in [0.15, 0.2) is 5.41 Å². The molecule has 2 rings (SSSR count). The number of carboxylic acid groups (broad SMARTS) is 1. The highest BCUT2D eigenvalue weighted by Gasteiger charge is 2.64. The van der Waals surface area contributed by atoms with Crippen molar-refractivity contribution in [3.63, 3.8) is 0 Å². The van der Waals surface area contributed by atoms with Crippen LogP contribution in [-0.4, -0.2) is 65.0 Å². The standard InChI is InChI=1S/C17H25F3N2O4/c1-15(2,3)13(24)21-7-4-5-11(9-21)12(23)22-8-6-16(10-22,14(25)26)17(18,19)20/h11H,4-10H2,1-3H3,(H,25,26). The van der Waals surface area contributed by atoms with Crippen LogP contribution in [0.15, 0.2) is 0 Å². The van der Waals surface area contributed by atoms with Crippen LogP contribution in [0.4, 0.5) is 13.2 Å². The molecule has 0 aliphatic carbocycles. The smallest absolute Gasteiger partial charge is 0.406 e. The molecule has 148 valence electrons. The molecule has 2 atom stereocenters. The number of aliphatic carboxylic acids is 1. The van der Waals surface area contributed by atoms with E-state index in [0.717, 1.165) is 4.90 Å². The molecule has 26 heavy (non-hydrogen) atoms. The van der Waals surface area contributed by atoms with Crippen LogP contribution >= 0.6 is 0 Å². The van der Waals surface area contributed by atoms with Crippen LogP contribution in [0, 0.1) is 16.7 Å². The third-order valence-corrected chi connectivity index (χ3v) is 5.23. The molecule has 2 heterocycles. The fourth-order valence-corrected chi connectivity index (χ4v) is 3.62. The Morgan fingerprint density at radius 2 is 1.69 bits per heavy atom. The van der Waals surface area contributed by atoms with Crippen LogP contribution in [0.1, 0.15) is 40.0 Å². The van der Waals surface area contributed by atoms with E-state index in [0.29, 0.717) is 19.4 Å². The summed E-state index contributed by atoms with van der Waals surface area (Å²) in [6.07, 6.45) is -4.49. The van der Waals surface area contributed by atoms with Crippen molar-refractivity contribution in [1.82, 2.24) is 9.80 Å². The molecule has 2 aliphatic heterocycles. The van der Waals surface area contributed by atoms with Gasteiger partial charge in [0.1, 0.15) is 0 Å². The number of carboxylic acids is 1. The molecule has 2 amide bonds. The molecule has 0 saturated carbocycles. The zero-order valence-electron chi connectivity index (χ0n) is 15.2. The van der Waals surface area contributed by atoms with Crippen LogP contribution < -0.4 is 0 Å². The Bertz CT molecular complexity index is 600. The maximum atomic E-state index is 13.3. The SMILES string of the molecule is CC(C)(C)C(=O)N1CCCC(C(=O)N2CCC(C(=O)O)(C(F)(F)F)C2)C1. The van der Waals surface area contributed by atoms with Gasteiger partial charge in [-0.05, 0) is 19.3 Å². The van der Waals surface area contributed by atoms with Gasteiger partial charge in [-0.2, -0.15) is 13.2 Å². The highest BCUT2D eigenvalue weighted by Crippen LogP contribution is 2.46. The zero-order chi connectivity index (χ0) is 19.9. The minimum absolute atomic E-state index is 0.105. The summed E-state index contributed by atoms with van der Waals surface area (Å²) in [5.41, 5.74) is -3.51. The van der Waals surface area contributed by atoms with Crippen LogP contribution in [0.2, 0.25) is 0 Å². The Labute approximate surface area is 150 Å². The van der Waals surface area contributed by atoms with Crippen molar-refractivity contribution in [3.8, 4) is 0 Å². The van der Waals surface area contributed by atoms with Crippen LogP contribution in [0.5, 0.6) is 0 Å². The Kier molecular flexibility index (Phi) is 5.31. The van der Waals surface area contributed by atoms with Crippen molar-refractivity contribution in [2.75, 3.05) is 26.2 Å². The van der Waals surface area contributed by atoms with E-state index in [1.54, 1.807) is 25.7 Å². The minimum Gasteiger partial charge on any atom is -0.481 e. The average Bonchev–Trinajstić information content (AvgIpc) is 2.99. The van der Waals surface area contributed by atoms with Crippen molar-refractivity contribution in [2.45, 2.75) is 46.2 Å². The first kappa shape index (κ1) is 20.5. The number of amides is 2. The number of piperidine rings is 1. The first-order valence-corrected chi connectivity index (χ1v) is 8.68. The summed E-state index contributed by atoms with van der Waals surface area (Å²) >= 11 is 0. The lowest BCUT2D eigenvalue weighted by Crippen LogP contribution is -2.51.